The van der Waals surface area contributed by atoms with Crippen molar-refractivity contribution in [3.05, 3.63) is 0 Å². The van der Waals surface area contributed by atoms with Crippen LogP contribution in [0.4, 0.5) is 4.79 Å². The van der Waals surface area contributed by atoms with Crippen LogP contribution in [0.3, 0.4) is 0 Å². The Labute approximate surface area is 82.0 Å². The third-order valence-electron chi connectivity index (χ3n) is 1.77. The quantitative estimate of drug-likeness (QED) is 0.511. The minimum atomic E-state index is -4.02. The normalized spacial score (nSPS) is 23.3. The Bertz CT molecular complexity index is 296. The Morgan fingerprint density at radius 1 is 1.64 bits per heavy atom. The molecule has 1 atom stereocenters. The van der Waals surface area contributed by atoms with Crippen molar-refractivity contribution in [1.29, 1.82) is 0 Å². The van der Waals surface area contributed by atoms with Crippen molar-refractivity contribution in [3.63, 3.8) is 0 Å². The highest BCUT2D eigenvalue weighted by molar-refractivity contribution is 8.04. The van der Waals surface area contributed by atoms with E-state index in [-0.39, 0.29) is 12.6 Å². The first kappa shape index (κ1) is 11.4. The van der Waals surface area contributed by atoms with Crippen LogP contribution in [-0.4, -0.2) is 46.0 Å². The Morgan fingerprint density at radius 3 is 2.86 bits per heavy atom. The number of hydrogen-bond acceptors (Lipinski definition) is 5. The number of hydrogen-bond donors (Lipinski definition) is 3. The van der Waals surface area contributed by atoms with E-state index in [0.717, 1.165) is 6.54 Å². The highest BCUT2D eigenvalue weighted by Crippen LogP contribution is 1.95. The zero-order valence-electron chi connectivity index (χ0n) is 7.52. The fraction of sp³-hybridized carbons (Fsp3) is 0.833. The maximum Gasteiger partial charge on any atom is 0.349 e. The summed E-state index contributed by atoms with van der Waals surface area (Å²) in [5.74, 6) is 0. The van der Waals surface area contributed by atoms with Crippen LogP contribution in [-0.2, 0) is 14.8 Å². The number of primary amides is 1. The van der Waals surface area contributed by atoms with Gasteiger partial charge in [0.05, 0.1) is 12.7 Å². The Hall–Kier alpha value is -0.700. The van der Waals surface area contributed by atoms with Gasteiger partial charge in [0.2, 0.25) is 0 Å². The molecule has 1 rings (SSSR count). The highest BCUT2D eigenvalue weighted by Gasteiger charge is 2.21. The van der Waals surface area contributed by atoms with E-state index >= 15 is 0 Å². The molecule has 0 bridgehead atoms. The van der Waals surface area contributed by atoms with Gasteiger partial charge >= 0.3 is 5.24 Å². The van der Waals surface area contributed by atoms with Crippen molar-refractivity contribution >= 4 is 15.3 Å². The van der Waals surface area contributed by atoms with Crippen molar-refractivity contribution < 1.29 is 17.9 Å². The smallest absolute Gasteiger partial charge is 0.349 e. The summed E-state index contributed by atoms with van der Waals surface area (Å²) in [5, 5.41) is 1.65. The van der Waals surface area contributed by atoms with Gasteiger partial charge in [0.15, 0.2) is 0 Å². The van der Waals surface area contributed by atoms with Crippen molar-refractivity contribution in [3.8, 4) is 0 Å². The molecular formula is C6H13N3O4S. The molecule has 82 valence electrons. The summed E-state index contributed by atoms with van der Waals surface area (Å²) >= 11 is 0. The molecule has 1 fully saturated rings. The van der Waals surface area contributed by atoms with Crippen LogP contribution in [0.15, 0.2) is 0 Å². The number of amides is 1. The lowest BCUT2D eigenvalue weighted by Gasteiger charge is -2.23. The maximum atomic E-state index is 10.9. The predicted octanol–water partition coefficient (Wildman–Crippen LogP) is -2.03. The second kappa shape index (κ2) is 4.69. The molecule has 0 unspecified atom stereocenters. The molecule has 1 amide bonds. The monoisotopic (exact) mass is 223 g/mol. The maximum absolute atomic E-state index is 10.9. The van der Waals surface area contributed by atoms with Crippen molar-refractivity contribution in [2.24, 2.45) is 5.73 Å². The SMILES string of the molecule is NC(=O)S(=O)(=O)NC[C@@H]1CNCCO1. The van der Waals surface area contributed by atoms with Crippen LogP contribution in [0.2, 0.25) is 0 Å². The zero-order chi connectivity index (χ0) is 10.6. The molecule has 0 spiro atoms. The molecule has 1 aliphatic rings. The summed E-state index contributed by atoms with van der Waals surface area (Å²) < 4.78 is 29.1. The average molecular weight is 223 g/mol. The minimum absolute atomic E-state index is 0.0538. The second-order valence-electron chi connectivity index (χ2n) is 2.87. The van der Waals surface area contributed by atoms with Crippen LogP contribution in [0.25, 0.3) is 0 Å². The van der Waals surface area contributed by atoms with Crippen LogP contribution < -0.4 is 15.8 Å². The van der Waals surface area contributed by atoms with E-state index in [4.69, 9.17) is 4.74 Å². The van der Waals surface area contributed by atoms with Crippen LogP contribution >= 0.6 is 0 Å². The molecule has 0 saturated carbocycles. The van der Waals surface area contributed by atoms with Crippen LogP contribution in [0.5, 0.6) is 0 Å². The van der Waals surface area contributed by atoms with E-state index in [1.54, 1.807) is 0 Å². The van der Waals surface area contributed by atoms with E-state index < -0.39 is 15.3 Å². The van der Waals surface area contributed by atoms with Crippen molar-refractivity contribution in [2.75, 3.05) is 26.2 Å². The fourth-order valence-electron chi connectivity index (χ4n) is 1.02. The fourth-order valence-corrected chi connectivity index (χ4v) is 1.57. The highest BCUT2D eigenvalue weighted by atomic mass is 32.2. The summed E-state index contributed by atoms with van der Waals surface area (Å²) in [6, 6.07) is 0. The first-order valence-corrected chi connectivity index (χ1v) is 5.62. The number of carbonyl (C=O) groups excluding carboxylic acids is 1. The van der Waals surface area contributed by atoms with Gasteiger partial charge < -0.3 is 15.8 Å². The second-order valence-corrected chi connectivity index (χ2v) is 4.57. The van der Waals surface area contributed by atoms with Gasteiger partial charge in [-0.05, 0) is 0 Å². The Morgan fingerprint density at radius 2 is 2.36 bits per heavy atom. The summed E-state index contributed by atoms with van der Waals surface area (Å²) in [6.45, 7) is 1.89. The molecule has 0 radical (unpaired) electrons. The molecule has 7 nitrogen and oxygen atoms in total. The van der Waals surface area contributed by atoms with Crippen molar-refractivity contribution in [1.82, 2.24) is 10.0 Å². The topological polar surface area (TPSA) is 111 Å². The lowest BCUT2D eigenvalue weighted by atomic mass is 10.3. The van der Waals surface area contributed by atoms with Gasteiger partial charge in [0.25, 0.3) is 10.0 Å². The Balaban J connectivity index is 2.36. The van der Waals surface area contributed by atoms with E-state index in [9.17, 15) is 13.2 Å². The summed E-state index contributed by atoms with van der Waals surface area (Å²) in [7, 11) is -4.02. The van der Waals surface area contributed by atoms with Gasteiger partial charge in [-0.25, -0.2) is 13.1 Å². The molecule has 0 aromatic carbocycles. The van der Waals surface area contributed by atoms with Crippen LogP contribution in [0.1, 0.15) is 0 Å². The van der Waals surface area contributed by atoms with E-state index in [1.165, 1.54) is 0 Å². The first-order valence-electron chi connectivity index (χ1n) is 4.14. The number of nitrogens with one attached hydrogen (secondary N) is 2. The summed E-state index contributed by atoms with van der Waals surface area (Å²) in [4.78, 5) is 10.4. The molecule has 14 heavy (non-hydrogen) atoms. The van der Waals surface area contributed by atoms with Crippen molar-refractivity contribution in [2.45, 2.75) is 6.10 Å². The van der Waals surface area contributed by atoms with Gasteiger partial charge in [0.1, 0.15) is 0 Å². The molecule has 0 aromatic heterocycles. The van der Waals surface area contributed by atoms with Gasteiger partial charge in [-0.15, -0.1) is 0 Å². The molecule has 1 aliphatic heterocycles. The molecule has 1 heterocycles. The number of nitrogens with two attached hydrogens (primary N) is 1. The molecule has 4 N–H and O–H groups in total. The molecular weight excluding hydrogens is 210 g/mol. The first-order chi connectivity index (χ1) is 6.52. The standard InChI is InChI=1S/C6H13N3O4S/c7-6(10)14(11,12)9-4-5-3-8-1-2-13-5/h5,8-9H,1-4H2,(H2,7,10)/t5-/m0/s1. The van der Waals surface area contributed by atoms with Gasteiger partial charge in [0, 0.05) is 19.6 Å². The number of sulfonamides is 1. The molecule has 1 saturated heterocycles. The lowest BCUT2D eigenvalue weighted by Crippen LogP contribution is -2.46. The average Bonchev–Trinajstić information content (AvgIpc) is 2.16. The largest absolute Gasteiger partial charge is 0.374 e. The molecule has 8 heteroatoms. The van der Waals surface area contributed by atoms with Gasteiger partial charge in [-0.1, -0.05) is 0 Å². The van der Waals surface area contributed by atoms with E-state index in [2.05, 4.69) is 15.8 Å². The summed E-state index contributed by atoms with van der Waals surface area (Å²) in [6.07, 6.45) is -0.252. The van der Waals surface area contributed by atoms with Gasteiger partial charge in [-0.3, -0.25) is 4.79 Å². The molecule has 0 aromatic rings. The zero-order valence-corrected chi connectivity index (χ0v) is 8.34. The van der Waals surface area contributed by atoms with Gasteiger partial charge in [-0.2, -0.15) is 0 Å². The number of morpholine rings is 1. The predicted molar refractivity (Wildman–Crippen MR) is 49.1 cm³/mol. The van der Waals surface area contributed by atoms with Crippen LogP contribution in [0, 0.1) is 0 Å². The summed E-state index contributed by atoms with van der Waals surface area (Å²) in [5.41, 5.74) is 4.64. The number of carbonyl (C=O) groups is 1. The minimum Gasteiger partial charge on any atom is -0.374 e. The number of ether oxygens (including phenoxy) is 1. The number of rotatable bonds is 3. The molecule has 0 aliphatic carbocycles. The van der Waals surface area contributed by atoms with E-state index in [1.807, 2.05) is 0 Å². The third-order valence-corrected chi connectivity index (χ3v) is 2.85. The van der Waals surface area contributed by atoms with E-state index in [0.29, 0.717) is 13.2 Å². The Kier molecular flexibility index (Phi) is 3.81. The third kappa shape index (κ3) is 3.22. The lowest BCUT2D eigenvalue weighted by molar-refractivity contribution is 0.0324.